The molecule has 2 nitrogen and oxygen atoms in total. The van der Waals surface area contributed by atoms with Gasteiger partial charge in [-0.25, -0.2) is 4.39 Å². The van der Waals surface area contributed by atoms with E-state index in [-0.39, 0.29) is 11.8 Å². The van der Waals surface area contributed by atoms with Crippen molar-refractivity contribution in [3.8, 4) is 0 Å². The standard InChI is InChI=1S/C9H17FO2/c1-5(2)7(10)9(12)8(11)6(3)4/h5-8,11H,1-4H3. The highest BCUT2D eigenvalue weighted by Gasteiger charge is 2.29. The molecule has 0 aliphatic carbocycles. The molecular formula is C9H17FO2. The highest BCUT2D eigenvalue weighted by molar-refractivity contribution is 5.87. The predicted octanol–water partition coefficient (Wildman–Crippen LogP) is 1.57. The number of aliphatic hydroxyl groups is 1. The maximum atomic E-state index is 13.0. The van der Waals surface area contributed by atoms with Crippen molar-refractivity contribution >= 4 is 5.78 Å². The first-order chi connectivity index (χ1) is 5.37. The lowest BCUT2D eigenvalue weighted by Gasteiger charge is -2.17. The first-order valence-electron chi connectivity index (χ1n) is 4.23. The van der Waals surface area contributed by atoms with E-state index >= 15 is 0 Å². The Morgan fingerprint density at radius 3 is 1.83 bits per heavy atom. The van der Waals surface area contributed by atoms with Gasteiger partial charge in [-0.15, -0.1) is 0 Å². The van der Waals surface area contributed by atoms with Crippen LogP contribution in [0, 0.1) is 11.8 Å². The second kappa shape index (κ2) is 4.55. The summed E-state index contributed by atoms with van der Waals surface area (Å²) in [4.78, 5) is 11.1. The van der Waals surface area contributed by atoms with Crippen LogP contribution in [0.5, 0.6) is 0 Å². The molecule has 0 aliphatic heterocycles. The molecule has 0 fully saturated rings. The van der Waals surface area contributed by atoms with Crippen LogP contribution in [0.25, 0.3) is 0 Å². The average Bonchev–Trinajstić information content (AvgIpc) is 2.00. The van der Waals surface area contributed by atoms with Crippen LogP contribution in [0.2, 0.25) is 0 Å². The molecule has 0 bridgehead atoms. The van der Waals surface area contributed by atoms with E-state index in [9.17, 15) is 14.3 Å². The fourth-order valence-electron chi connectivity index (χ4n) is 0.820. The number of carbonyl (C=O) groups is 1. The van der Waals surface area contributed by atoms with Gasteiger partial charge in [-0.1, -0.05) is 27.7 Å². The maximum Gasteiger partial charge on any atom is 0.195 e. The van der Waals surface area contributed by atoms with Crippen LogP contribution in [0.15, 0.2) is 0 Å². The van der Waals surface area contributed by atoms with Crippen molar-refractivity contribution in [2.45, 2.75) is 40.0 Å². The van der Waals surface area contributed by atoms with Crippen molar-refractivity contribution in [3.05, 3.63) is 0 Å². The first kappa shape index (κ1) is 11.6. The molecule has 0 rings (SSSR count). The maximum absolute atomic E-state index is 13.0. The van der Waals surface area contributed by atoms with Crippen molar-refractivity contribution in [2.24, 2.45) is 11.8 Å². The quantitative estimate of drug-likeness (QED) is 0.706. The molecule has 3 heteroatoms. The molecule has 2 unspecified atom stereocenters. The molecule has 12 heavy (non-hydrogen) atoms. The van der Waals surface area contributed by atoms with Gasteiger partial charge in [-0.3, -0.25) is 4.79 Å². The molecule has 1 N–H and O–H groups in total. The minimum absolute atomic E-state index is 0.213. The minimum atomic E-state index is -1.54. The molecule has 0 saturated heterocycles. The second-order valence-corrected chi connectivity index (χ2v) is 3.74. The van der Waals surface area contributed by atoms with E-state index in [2.05, 4.69) is 0 Å². The SMILES string of the molecule is CC(C)C(O)C(=O)C(F)C(C)C. The van der Waals surface area contributed by atoms with Crippen molar-refractivity contribution in [1.29, 1.82) is 0 Å². The molecule has 0 saturated carbocycles. The molecule has 2 atom stereocenters. The Balaban J connectivity index is 4.19. The summed E-state index contributed by atoms with van der Waals surface area (Å²) in [7, 11) is 0. The van der Waals surface area contributed by atoms with Crippen LogP contribution in [0.1, 0.15) is 27.7 Å². The highest BCUT2D eigenvalue weighted by Crippen LogP contribution is 2.13. The Kier molecular flexibility index (Phi) is 4.39. The Morgan fingerprint density at radius 2 is 1.58 bits per heavy atom. The van der Waals surface area contributed by atoms with Crippen molar-refractivity contribution in [3.63, 3.8) is 0 Å². The summed E-state index contributed by atoms with van der Waals surface area (Å²) < 4.78 is 13.0. The Hall–Kier alpha value is -0.440. The number of carbonyl (C=O) groups excluding carboxylic acids is 1. The number of alkyl halides is 1. The monoisotopic (exact) mass is 176 g/mol. The molecule has 0 aliphatic rings. The zero-order valence-corrected chi connectivity index (χ0v) is 8.04. The third kappa shape index (κ3) is 2.89. The fourth-order valence-corrected chi connectivity index (χ4v) is 0.820. The van der Waals surface area contributed by atoms with E-state index in [1.54, 1.807) is 27.7 Å². The topological polar surface area (TPSA) is 37.3 Å². The van der Waals surface area contributed by atoms with Crippen LogP contribution < -0.4 is 0 Å². The van der Waals surface area contributed by atoms with Gasteiger partial charge >= 0.3 is 0 Å². The predicted molar refractivity (Wildman–Crippen MR) is 45.6 cm³/mol. The van der Waals surface area contributed by atoms with Crippen LogP contribution in [-0.2, 0) is 4.79 Å². The molecule has 0 spiro atoms. The summed E-state index contributed by atoms with van der Waals surface area (Å²) in [6, 6.07) is 0. The zero-order valence-electron chi connectivity index (χ0n) is 8.04. The summed E-state index contributed by atoms with van der Waals surface area (Å²) in [5.41, 5.74) is 0. The van der Waals surface area contributed by atoms with Gasteiger partial charge in [0.05, 0.1) is 0 Å². The average molecular weight is 176 g/mol. The number of ketones is 1. The number of aliphatic hydroxyl groups excluding tert-OH is 1. The third-order valence-corrected chi connectivity index (χ3v) is 1.78. The molecule has 0 heterocycles. The normalized spacial score (nSPS) is 16.7. The van der Waals surface area contributed by atoms with Gasteiger partial charge in [0.15, 0.2) is 12.0 Å². The van der Waals surface area contributed by atoms with Gasteiger partial charge in [-0.05, 0) is 11.8 Å². The van der Waals surface area contributed by atoms with Crippen LogP contribution in [-0.4, -0.2) is 23.2 Å². The molecule has 72 valence electrons. The smallest absolute Gasteiger partial charge is 0.195 e. The van der Waals surface area contributed by atoms with Crippen molar-refractivity contribution in [2.75, 3.05) is 0 Å². The molecule has 0 aromatic carbocycles. The lowest BCUT2D eigenvalue weighted by molar-refractivity contribution is -0.135. The van der Waals surface area contributed by atoms with Crippen LogP contribution in [0.4, 0.5) is 4.39 Å². The van der Waals surface area contributed by atoms with Crippen molar-refractivity contribution < 1.29 is 14.3 Å². The molecule has 0 aromatic rings. The summed E-state index contributed by atoms with van der Waals surface area (Å²) >= 11 is 0. The third-order valence-electron chi connectivity index (χ3n) is 1.78. The van der Waals surface area contributed by atoms with Gasteiger partial charge in [0.2, 0.25) is 0 Å². The Bertz CT molecular complexity index is 139. The Morgan fingerprint density at radius 1 is 1.17 bits per heavy atom. The number of halogens is 1. The molecule has 0 radical (unpaired) electrons. The lowest BCUT2D eigenvalue weighted by atomic mass is 9.95. The van der Waals surface area contributed by atoms with E-state index in [1.165, 1.54) is 0 Å². The lowest BCUT2D eigenvalue weighted by Crippen LogP contribution is -2.35. The van der Waals surface area contributed by atoms with Crippen LogP contribution >= 0.6 is 0 Å². The number of hydrogen-bond donors (Lipinski definition) is 1. The van der Waals surface area contributed by atoms with E-state index in [0.717, 1.165) is 0 Å². The molecule has 0 amide bonds. The van der Waals surface area contributed by atoms with E-state index in [0.29, 0.717) is 0 Å². The van der Waals surface area contributed by atoms with E-state index in [1.807, 2.05) is 0 Å². The Labute approximate surface area is 72.8 Å². The summed E-state index contributed by atoms with van der Waals surface area (Å²) in [5.74, 6) is -1.26. The van der Waals surface area contributed by atoms with Crippen molar-refractivity contribution in [1.82, 2.24) is 0 Å². The zero-order chi connectivity index (χ0) is 9.89. The number of Topliss-reactive ketones (excluding diaryl/α,β-unsaturated/α-hetero) is 1. The summed E-state index contributed by atoms with van der Waals surface area (Å²) in [6.07, 6.45) is -2.70. The first-order valence-corrected chi connectivity index (χ1v) is 4.23. The number of hydrogen-bond acceptors (Lipinski definition) is 2. The highest BCUT2D eigenvalue weighted by atomic mass is 19.1. The largest absolute Gasteiger partial charge is 0.385 e. The second-order valence-electron chi connectivity index (χ2n) is 3.74. The summed E-state index contributed by atoms with van der Waals surface area (Å²) in [5, 5.41) is 9.22. The van der Waals surface area contributed by atoms with Gasteiger partial charge in [-0.2, -0.15) is 0 Å². The van der Waals surface area contributed by atoms with Gasteiger partial charge in [0.25, 0.3) is 0 Å². The van der Waals surface area contributed by atoms with Gasteiger partial charge in [0.1, 0.15) is 6.10 Å². The summed E-state index contributed by atoms with van der Waals surface area (Å²) in [6.45, 7) is 6.62. The van der Waals surface area contributed by atoms with E-state index in [4.69, 9.17) is 0 Å². The van der Waals surface area contributed by atoms with Gasteiger partial charge < -0.3 is 5.11 Å². The number of rotatable bonds is 4. The fraction of sp³-hybridized carbons (Fsp3) is 0.889. The molecule has 0 aromatic heterocycles. The molecular weight excluding hydrogens is 159 g/mol. The van der Waals surface area contributed by atoms with Gasteiger partial charge in [0, 0.05) is 0 Å². The van der Waals surface area contributed by atoms with Crippen LogP contribution in [0.3, 0.4) is 0 Å². The minimum Gasteiger partial charge on any atom is -0.385 e. The van der Waals surface area contributed by atoms with E-state index < -0.39 is 18.1 Å².